The number of hydrogen-bond donors (Lipinski definition) is 1. The second-order valence-electron chi connectivity index (χ2n) is 4.44. The molecule has 0 amide bonds. The van der Waals surface area contributed by atoms with Crippen LogP contribution in [0, 0.1) is 5.92 Å². The van der Waals surface area contributed by atoms with E-state index in [-0.39, 0.29) is 0 Å². The van der Waals surface area contributed by atoms with Crippen molar-refractivity contribution < 1.29 is 0 Å². The van der Waals surface area contributed by atoms with Crippen LogP contribution in [0.15, 0.2) is 18.2 Å². The van der Waals surface area contributed by atoms with Crippen LogP contribution >= 0.6 is 0 Å². The van der Waals surface area contributed by atoms with E-state index in [1.807, 2.05) is 29.9 Å². The van der Waals surface area contributed by atoms with Gasteiger partial charge in [0.05, 0.1) is 11.2 Å². The Morgan fingerprint density at radius 2 is 2.13 bits per heavy atom. The molecule has 0 radical (unpaired) electrons. The maximum Gasteiger partial charge on any atom is 0.0706 e. The zero-order chi connectivity index (χ0) is 11.0. The fourth-order valence-electron chi connectivity index (χ4n) is 1.89. The lowest BCUT2D eigenvalue weighted by atomic mass is 10.0. The molecule has 0 atom stereocenters. The lowest BCUT2D eigenvalue weighted by Gasteiger charge is -2.01. The molecule has 1 heterocycles. The molecule has 3 heteroatoms. The Morgan fingerprint density at radius 3 is 2.80 bits per heavy atom. The van der Waals surface area contributed by atoms with E-state index in [2.05, 4.69) is 18.9 Å². The summed E-state index contributed by atoms with van der Waals surface area (Å²) in [7, 11) is 1.97. The summed E-state index contributed by atoms with van der Waals surface area (Å²) in [6, 6.07) is 5.96. The van der Waals surface area contributed by atoms with Crippen molar-refractivity contribution in [1.82, 2.24) is 9.78 Å². The molecule has 1 aromatic carbocycles. The lowest BCUT2D eigenvalue weighted by Crippen LogP contribution is -1.97. The second-order valence-corrected chi connectivity index (χ2v) is 4.44. The van der Waals surface area contributed by atoms with Crippen LogP contribution in [0.2, 0.25) is 0 Å². The smallest absolute Gasteiger partial charge is 0.0706 e. The van der Waals surface area contributed by atoms with Crippen molar-refractivity contribution in [2.45, 2.75) is 20.3 Å². The Kier molecular flexibility index (Phi) is 2.39. The van der Waals surface area contributed by atoms with E-state index in [4.69, 9.17) is 5.73 Å². The molecule has 0 spiro atoms. The third-order valence-corrected chi connectivity index (χ3v) is 2.55. The Balaban J connectivity index is 2.59. The molecular formula is C12H17N3. The highest BCUT2D eigenvalue weighted by atomic mass is 15.3. The molecule has 2 aromatic rings. The van der Waals surface area contributed by atoms with E-state index in [9.17, 15) is 0 Å². The molecule has 0 aliphatic rings. The first-order chi connectivity index (χ1) is 7.08. The van der Waals surface area contributed by atoms with E-state index in [1.54, 1.807) is 0 Å². The number of aryl methyl sites for hydroxylation is 1. The number of aromatic nitrogens is 2. The van der Waals surface area contributed by atoms with Gasteiger partial charge in [-0.25, -0.2) is 0 Å². The van der Waals surface area contributed by atoms with Crippen LogP contribution in [-0.4, -0.2) is 9.78 Å². The van der Waals surface area contributed by atoms with Gasteiger partial charge < -0.3 is 5.73 Å². The van der Waals surface area contributed by atoms with Crippen LogP contribution in [0.25, 0.3) is 10.9 Å². The molecule has 0 unspecified atom stereocenters. The van der Waals surface area contributed by atoms with Gasteiger partial charge in [0.2, 0.25) is 0 Å². The Morgan fingerprint density at radius 1 is 1.40 bits per heavy atom. The van der Waals surface area contributed by atoms with Crippen LogP contribution < -0.4 is 5.73 Å². The zero-order valence-electron chi connectivity index (χ0n) is 9.49. The summed E-state index contributed by atoms with van der Waals surface area (Å²) < 4.78 is 1.92. The average Bonchev–Trinajstić information content (AvgIpc) is 2.42. The van der Waals surface area contributed by atoms with E-state index < -0.39 is 0 Å². The van der Waals surface area contributed by atoms with Crippen LogP contribution in [0.3, 0.4) is 0 Å². The van der Waals surface area contributed by atoms with E-state index in [1.165, 1.54) is 5.39 Å². The number of hydrogen-bond acceptors (Lipinski definition) is 2. The molecule has 2 N–H and O–H groups in total. The summed E-state index contributed by atoms with van der Waals surface area (Å²) in [6.07, 6.45) is 1.00. The van der Waals surface area contributed by atoms with E-state index in [0.29, 0.717) is 5.92 Å². The van der Waals surface area contributed by atoms with Crippen molar-refractivity contribution in [3.8, 4) is 0 Å². The molecular weight excluding hydrogens is 186 g/mol. The normalized spacial score (nSPS) is 11.5. The summed E-state index contributed by atoms with van der Waals surface area (Å²) in [5.74, 6) is 0.615. The predicted octanol–water partition coefficient (Wildman–Crippen LogP) is 2.35. The molecule has 0 fully saturated rings. The third-order valence-electron chi connectivity index (χ3n) is 2.55. The summed E-state index contributed by atoms with van der Waals surface area (Å²) >= 11 is 0. The van der Waals surface area contributed by atoms with Crippen molar-refractivity contribution in [3.05, 3.63) is 23.9 Å². The van der Waals surface area contributed by atoms with Gasteiger partial charge in [-0.2, -0.15) is 5.10 Å². The van der Waals surface area contributed by atoms with Gasteiger partial charge in [0.1, 0.15) is 0 Å². The fraction of sp³-hybridized carbons (Fsp3) is 0.417. The molecule has 15 heavy (non-hydrogen) atoms. The van der Waals surface area contributed by atoms with Crippen LogP contribution in [0.1, 0.15) is 19.5 Å². The average molecular weight is 203 g/mol. The molecule has 3 nitrogen and oxygen atoms in total. The van der Waals surface area contributed by atoms with Gasteiger partial charge in [0.25, 0.3) is 0 Å². The number of rotatable bonds is 2. The Hall–Kier alpha value is -1.51. The summed E-state index contributed by atoms with van der Waals surface area (Å²) in [6.45, 7) is 4.40. The predicted molar refractivity (Wildman–Crippen MR) is 63.7 cm³/mol. The van der Waals surface area contributed by atoms with Gasteiger partial charge in [-0.3, -0.25) is 4.68 Å². The van der Waals surface area contributed by atoms with E-state index in [0.717, 1.165) is 23.3 Å². The third kappa shape index (κ3) is 1.82. The minimum Gasteiger partial charge on any atom is -0.399 e. The van der Waals surface area contributed by atoms with Gasteiger partial charge >= 0.3 is 0 Å². The topological polar surface area (TPSA) is 43.8 Å². The van der Waals surface area contributed by atoms with Crippen molar-refractivity contribution >= 4 is 16.6 Å². The molecule has 0 saturated heterocycles. The molecule has 80 valence electrons. The van der Waals surface area contributed by atoms with Gasteiger partial charge in [-0.05, 0) is 30.5 Å². The van der Waals surface area contributed by atoms with Crippen molar-refractivity contribution in [3.63, 3.8) is 0 Å². The van der Waals surface area contributed by atoms with Crippen molar-refractivity contribution in [1.29, 1.82) is 0 Å². The Bertz CT molecular complexity index is 483. The Labute approximate surface area is 89.9 Å². The maximum absolute atomic E-state index is 5.80. The molecule has 0 saturated carbocycles. The minimum atomic E-state index is 0.615. The number of nitrogens with two attached hydrogens (primary N) is 1. The van der Waals surface area contributed by atoms with Crippen LogP contribution in [0.5, 0.6) is 0 Å². The highest BCUT2D eigenvalue weighted by Crippen LogP contribution is 2.22. The number of fused-ring (bicyclic) bond motifs is 1. The molecule has 1 aromatic heterocycles. The minimum absolute atomic E-state index is 0.615. The quantitative estimate of drug-likeness (QED) is 0.761. The summed E-state index contributed by atoms with van der Waals surface area (Å²) in [5, 5.41) is 5.72. The number of anilines is 1. The van der Waals surface area contributed by atoms with Crippen molar-refractivity contribution in [2.75, 3.05) is 5.73 Å². The van der Waals surface area contributed by atoms with Crippen molar-refractivity contribution in [2.24, 2.45) is 13.0 Å². The maximum atomic E-state index is 5.80. The first-order valence-corrected chi connectivity index (χ1v) is 5.29. The molecule has 0 aliphatic heterocycles. The fourth-order valence-corrected chi connectivity index (χ4v) is 1.89. The van der Waals surface area contributed by atoms with Crippen LogP contribution in [-0.2, 0) is 13.5 Å². The number of nitrogens with zero attached hydrogens (tertiary/aromatic N) is 2. The summed E-state index contributed by atoms with van der Waals surface area (Å²) in [5.41, 5.74) is 8.90. The largest absolute Gasteiger partial charge is 0.399 e. The van der Waals surface area contributed by atoms with Crippen LogP contribution in [0.4, 0.5) is 5.69 Å². The highest BCUT2D eigenvalue weighted by molar-refractivity contribution is 5.85. The lowest BCUT2D eigenvalue weighted by molar-refractivity contribution is 0.624. The van der Waals surface area contributed by atoms with Gasteiger partial charge in [-0.15, -0.1) is 0 Å². The molecule has 2 rings (SSSR count). The first-order valence-electron chi connectivity index (χ1n) is 5.29. The van der Waals surface area contributed by atoms with Gasteiger partial charge in [0, 0.05) is 18.1 Å². The monoisotopic (exact) mass is 203 g/mol. The number of nitrogen functional groups attached to an aromatic ring is 1. The summed E-state index contributed by atoms with van der Waals surface area (Å²) in [4.78, 5) is 0. The molecule has 0 bridgehead atoms. The second kappa shape index (κ2) is 3.57. The number of benzene rings is 1. The first kappa shape index (κ1) is 10.0. The SMILES string of the molecule is CC(C)Cc1nn(C)c2ccc(N)cc12. The van der Waals surface area contributed by atoms with Gasteiger partial charge in [-0.1, -0.05) is 13.8 Å². The molecule has 0 aliphatic carbocycles. The zero-order valence-corrected chi connectivity index (χ0v) is 9.49. The van der Waals surface area contributed by atoms with Gasteiger partial charge in [0.15, 0.2) is 0 Å². The van der Waals surface area contributed by atoms with E-state index >= 15 is 0 Å². The highest BCUT2D eigenvalue weighted by Gasteiger charge is 2.09. The standard InChI is InChI=1S/C12H17N3/c1-8(2)6-11-10-7-9(13)4-5-12(10)15(3)14-11/h4-5,7-8H,6,13H2,1-3H3.